The van der Waals surface area contributed by atoms with Gasteiger partial charge in [-0.2, -0.15) is 0 Å². The molecule has 0 saturated heterocycles. The molecule has 0 aliphatic heterocycles. The van der Waals surface area contributed by atoms with Crippen LogP contribution in [0, 0.1) is 6.92 Å². The molecule has 0 radical (unpaired) electrons. The fourth-order valence-electron chi connectivity index (χ4n) is 1.87. The largest absolute Gasteiger partial charge is 0.356 e. The quantitative estimate of drug-likeness (QED) is 0.337. The maximum atomic E-state index is 4.23. The summed E-state index contributed by atoms with van der Waals surface area (Å²) in [7, 11) is 1.82. The van der Waals surface area contributed by atoms with Crippen molar-refractivity contribution in [1.29, 1.82) is 0 Å². The number of halogens is 1. The minimum atomic E-state index is 0. The molecule has 0 aromatic heterocycles. The Morgan fingerprint density at radius 2 is 1.85 bits per heavy atom. The van der Waals surface area contributed by atoms with Crippen LogP contribution >= 0.6 is 24.0 Å². The molecule has 2 N–H and O–H groups in total. The van der Waals surface area contributed by atoms with Crippen molar-refractivity contribution in [3.63, 3.8) is 0 Å². The molecule has 1 atom stereocenters. The molecule has 0 saturated carbocycles. The van der Waals surface area contributed by atoms with Crippen LogP contribution in [-0.2, 0) is 0 Å². The van der Waals surface area contributed by atoms with Gasteiger partial charge in [-0.15, -0.1) is 24.0 Å². The number of aliphatic imine (C=N–C) groups is 1. The van der Waals surface area contributed by atoms with E-state index < -0.39 is 0 Å². The molecule has 1 unspecified atom stereocenters. The summed E-state index contributed by atoms with van der Waals surface area (Å²) in [4.78, 5) is 4.23. The van der Waals surface area contributed by atoms with E-state index in [1.54, 1.807) is 0 Å². The van der Waals surface area contributed by atoms with Crippen LogP contribution in [0.25, 0.3) is 0 Å². The molecule has 3 nitrogen and oxygen atoms in total. The highest BCUT2D eigenvalue weighted by Gasteiger charge is 2.06. The van der Waals surface area contributed by atoms with Crippen molar-refractivity contribution in [2.75, 3.05) is 20.1 Å². The Bertz CT molecular complexity index is 387. The Balaban J connectivity index is 0.00000361. The molecular formula is C16H28IN3. The lowest BCUT2D eigenvalue weighted by atomic mass is 10.0. The Hall–Kier alpha value is -0.780. The molecule has 114 valence electrons. The van der Waals surface area contributed by atoms with Crippen molar-refractivity contribution in [3.8, 4) is 0 Å². The third-order valence-corrected chi connectivity index (χ3v) is 3.27. The van der Waals surface area contributed by atoms with E-state index in [0.717, 1.165) is 19.0 Å². The van der Waals surface area contributed by atoms with Gasteiger partial charge in [-0.25, -0.2) is 0 Å². The summed E-state index contributed by atoms with van der Waals surface area (Å²) in [6, 6.07) is 8.74. The zero-order valence-corrected chi connectivity index (χ0v) is 15.4. The summed E-state index contributed by atoms with van der Waals surface area (Å²) in [5.74, 6) is 1.37. The first kappa shape index (κ1) is 19.2. The highest BCUT2D eigenvalue weighted by Crippen LogP contribution is 2.14. The van der Waals surface area contributed by atoms with Gasteiger partial charge in [-0.1, -0.05) is 50.1 Å². The lowest BCUT2D eigenvalue weighted by Gasteiger charge is -2.16. The van der Waals surface area contributed by atoms with E-state index in [1.807, 2.05) is 7.05 Å². The molecule has 4 heteroatoms. The van der Waals surface area contributed by atoms with Gasteiger partial charge in [0.05, 0.1) is 0 Å². The zero-order valence-electron chi connectivity index (χ0n) is 13.1. The van der Waals surface area contributed by atoms with Crippen LogP contribution in [0.2, 0.25) is 0 Å². The van der Waals surface area contributed by atoms with Gasteiger partial charge < -0.3 is 10.6 Å². The smallest absolute Gasteiger partial charge is 0.190 e. The number of aryl methyl sites for hydroxylation is 1. The predicted molar refractivity (Wildman–Crippen MR) is 99.3 cm³/mol. The maximum Gasteiger partial charge on any atom is 0.190 e. The Labute approximate surface area is 140 Å². The minimum Gasteiger partial charge on any atom is -0.356 e. The highest BCUT2D eigenvalue weighted by molar-refractivity contribution is 14.0. The van der Waals surface area contributed by atoms with Gasteiger partial charge in [-0.3, -0.25) is 4.99 Å². The third-order valence-electron chi connectivity index (χ3n) is 3.27. The topological polar surface area (TPSA) is 36.4 Å². The van der Waals surface area contributed by atoms with Crippen LogP contribution in [0.1, 0.15) is 43.7 Å². The molecule has 0 heterocycles. The van der Waals surface area contributed by atoms with Crippen LogP contribution in [0.15, 0.2) is 29.3 Å². The molecule has 1 aromatic carbocycles. The molecule has 0 aliphatic carbocycles. The van der Waals surface area contributed by atoms with Crippen molar-refractivity contribution >= 4 is 29.9 Å². The number of unbranched alkanes of at least 4 members (excludes halogenated alkanes) is 1. The SMILES string of the molecule is CCCCNC(=NC)NCC(C)c1ccc(C)cc1.I. The first-order valence-electron chi connectivity index (χ1n) is 7.18. The van der Waals surface area contributed by atoms with Gasteiger partial charge in [0.2, 0.25) is 0 Å². The van der Waals surface area contributed by atoms with Crippen LogP contribution in [-0.4, -0.2) is 26.1 Å². The van der Waals surface area contributed by atoms with Gasteiger partial charge >= 0.3 is 0 Å². The third kappa shape index (κ3) is 7.12. The van der Waals surface area contributed by atoms with E-state index in [2.05, 4.69) is 60.7 Å². The van der Waals surface area contributed by atoms with Crippen molar-refractivity contribution < 1.29 is 0 Å². The molecular weight excluding hydrogens is 361 g/mol. The standard InChI is InChI=1S/C16H27N3.HI/c1-5-6-11-18-16(17-4)19-12-14(3)15-9-7-13(2)8-10-15;/h7-10,14H,5-6,11-12H2,1-4H3,(H2,17,18,19);1H. The van der Waals surface area contributed by atoms with E-state index in [-0.39, 0.29) is 24.0 Å². The molecule has 0 amide bonds. The second-order valence-corrected chi connectivity index (χ2v) is 5.05. The number of nitrogens with zero attached hydrogens (tertiary/aromatic N) is 1. The average Bonchev–Trinajstić information content (AvgIpc) is 2.43. The Morgan fingerprint density at radius 3 is 2.40 bits per heavy atom. The van der Waals surface area contributed by atoms with Crippen molar-refractivity contribution in [1.82, 2.24) is 10.6 Å². The summed E-state index contributed by atoms with van der Waals surface area (Å²) in [6.07, 6.45) is 2.37. The van der Waals surface area contributed by atoms with Crippen LogP contribution in [0.4, 0.5) is 0 Å². The fourth-order valence-corrected chi connectivity index (χ4v) is 1.87. The summed E-state index contributed by atoms with van der Waals surface area (Å²) in [5.41, 5.74) is 2.67. The molecule has 0 bridgehead atoms. The molecule has 1 aromatic rings. The molecule has 20 heavy (non-hydrogen) atoms. The number of rotatable bonds is 6. The molecule has 0 fully saturated rings. The van der Waals surface area contributed by atoms with Gasteiger partial charge in [0.15, 0.2) is 5.96 Å². The first-order chi connectivity index (χ1) is 9.17. The van der Waals surface area contributed by atoms with Gasteiger partial charge in [0.25, 0.3) is 0 Å². The van der Waals surface area contributed by atoms with E-state index >= 15 is 0 Å². The summed E-state index contributed by atoms with van der Waals surface area (Å²) in [6.45, 7) is 8.42. The zero-order chi connectivity index (χ0) is 14.1. The van der Waals surface area contributed by atoms with Gasteiger partial charge in [0.1, 0.15) is 0 Å². The minimum absolute atomic E-state index is 0. The van der Waals surface area contributed by atoms with E-state index in [0.29, 0.717) is 5.92 Å². The lowest BCUT2D eigenvalue weighted by molar-refractivity contribution is 0.685. The number of hydrogen-bond acceptors (Lipinski definition) is 1. The highest BCUT2D eigenvalue weighted by atomic mass is 127. The summed E-state index contributed by atoms with van der Waals surface area (Å²) >= 11 is 0. The predicted octanol–water partition coefficient (Wildman–Crippen LogP) is 3.68. The van der Waals surface area contributed by atoms with Gasteiger partial charge in [-0.05, 0) is 24.8 Å². The summed E-state index contributed by atoms with van der Waals surface area (Å²) < 4.78 is 0. The Morgan fingerprint density at radius 1 is 1.20 bits per heavy atom. The molecule has 0 spiro atoms. The average molecular weight is 389 g/mol. The first-order valence-corrected chi connectivity index (χ1v) is 7.18. The second kappa shape index (κ2) is 10.9. The van der Waals surface area contributed by atoms with Crippen LogP contribution in [0.3, 0.4) is 0 Å². The van der Waals surface area contributed by atoms with E-state index in [1.165, 1.54) is 24.0 Å². The van der Waals surface area contributed by atoms with E-state index in [4.69, 9.17) is 0 Å². The van der Waals surface area contributed by atoms with Crippen molar-refractivity contribution in [2.45, 2.75) is 39.5 Å². The second-order valence-electron chi connectivity index (χ2n) is 5.05. The van der Waals surface area contributed by atoms with Gasteiger partial charge in [0, 0.05) is 20.1 Å². The van der Waals surface area contributed by atoms with Crippen LogP contribution in [0.5, 0.6) is 0 Å². The monoisotopic (exact) mass is 389 g/mol. The van der Waals surface area contributed by atoms with Crippen molar-refractivity contribution in [3.05, 3.63) is 35.4 Å². The van der Waals surface area contributed by atoms with E-state index in [9.17, 15) is 0 Å². The molecule has 1 rings (SSSR count). The normalized spacial score (nSPS) is 12.5. The maximum absolute atomic E-state index is 4.23. The summed E-state index contributed by atoms with van der Waals surface area (Å²) in [5, 5.41) is 6.71. The number of nitrogens with one attached hydrogen (secondary N) is 2. The lowest BCUT2D eigenvalue weighted by Crippen LogP contribution is -2.39. The number of guanidine groups is 1. The molecule has 0 aliphatic rings. The fraction of sp³-hybridized carbons (Fsp3) is 0.562. The number of benzene rings is 1. The number of hydrogen-bond donors (Lipinski definition) is 2. The Kier molecular flexibility index (Phi) is 10.5. The van der Waals surface area contributed by atoms with Crippen LogP contribution < -0.4 is 10.6 Å². The van der Waals surface area contributed by atoms with Crippen molar-refractivity contribution in [2.24, 2.45) is 4.99 Å².